The van der Waals surface area contributed by atoms with E-state index in [0.717, 1.165) is 24.0 Å². The van der Waals surface area contributed by atoms with Crippen LogP contribution in [0.15, 0.2) is 54.6 Å². The Kier molecular flexibility index (Phi) is 5.74. The molecule has 2 atom stereocenters. The Balaban J connectivity index is 1.20. The molecule has 6 heteroatoms. The van der Waals surface area contributed by atoms with Crippen molar-refractivity contribution < 1.29 is 23.8 Å². The van der Waals surface area contributed by atoms with Crippen molar-refractivity contribution in [2.45, 2.75) is 50.7 Å². The SMILES string of the molecule is O=C(c1ccc(C2OCCO2)cc1)C1CC2CCC(C1)N2C(=O)OCc1ccccc1. The number of amides is 1. The summed E-state index contributed by atoms with van der Waals surface area (Å²) in [6, 6.07) is 17.4. The second kappa shape index (κ2) is 8.81. The number of nitrogens with zero attached hydrogens (tertiary/aromatic N) is 1. The maximum atomic E-state index is 13.1. The minimum Gasteiger partial charge on any atom is -0.445 e. The number of carbonyl (C=O) groups excluding carboxylic acids is 2. The first-order valence-corrected chi connectivity index (χ1v) is 11.1. The van der Waals surface area contributed by atoms with E-state index in [0.29, 0.717) is 31.6 Å². The molecule has 1 amide bonds. The Hall–Kier alpha value is -2.70. The Morgan fingerprint density at radius 3 is 2.19 bits per heavy atom. The van der Waals surface area contributed by atoms with Crippen molar-refractivity contribution >= 4 is 11.9 Å². The molecule has 2 bridgehead atoms. The van der Waals surface area contributed by atoms with Gasteiger partial charge in [0.1, 0.15) is 6.61 Å². The van der Waals surface area contributed by atoms with Crippen LogP contribution in [0.25, 0.3) is 0 Å². The highest BCUT2D eigenvalue weighted by Gasteiger charge is 2.45. The number of Topliss-reactive ketones (excluding diaryl/α,β-unsaturated/α-hetero) is 1. The number of hydrogen-bond donors (Lipinski definition) is 0. The molecule has 0 aliphatic carbocycles. The monoisotopic (exact) mass is 421 g/mol. The van der Waals surface area contributed by atoms with Gasteiger partial charge in [0.2, 0.25) is 0 Å². The predicted molar refractivity (Wildman–Crippen MR) is 113 cm³/mol. The fourth-order valence-corrected chi connectivity index (χ4v) is 5.07. The van der Waals surface area contributed by atoms with Crippen LogP contribution in [0, 0.1) is 5.92 Å². The lowest BCUT2D eigenvalue weighted by Gasteiger charge is -2.37. The fraction of sp³-hybridized carbons (Fsp3) is 0.440. The van der Waals surface area contributed by atoms with Gasteiger partial charge in [-0.25, -0.2) is 4.79 Å². The van der Waals surface area contributed by atoms with E-state index in [2.05, 4.69) is 0 Å². The Labute approximate surface area is 182 Å². The van der Waals surface area contributed by atoms with Gasteiger partial charge in [0, 0.05) is 29.1 Å². The van der Waals surface area contributed by atoms with Crippen molar-refractivity contribution in [3.63, 3.8) is 0 Å². The first kappa shape index (κ1) is 20.2. The normalized spacial score (nSPS) is 25.5. The lowest BCUT2D eigenvalue weighted by molar-refractivity contribution is -0.0441. The zero-order chi connectivity index (χ0) is 21.2. The van der Waals surface area contributed by atoms with Crippen LogP contribution < -0.4 is 0 Å². The van der Waals surface area contributed by atoms with Gasteiger partial charge in [0.05, 0.1) is 13.2 Å². The van der Waals surface area contributed by atoms with E-state index in [1.165, 1.54) is 0 Å². The van der Waals surface area contributed by atoms with Crippen molar-refractivity contribution in [2.75, 3.05) is 13.2 Å². The number of ether oxygens (including phenoxy) is 3. The zero-order valence-corrected chi connectivity index (χ0v) is 17.4. The first-order chi connectivity index (χ1) is 15.2. The Morgan fingerprint density at radius 2 is 1.55 bits per heavy atom. The number of piperidine rings is 1. The molecule has 3 saturated heterocycles. The third-order valence-corrected chi connectivity index (χ3v) is 6.61. The molecular formula is C25H27NO5. The van der Waals surface area contributed by atoms with Gasteiger partial charge in [0.15, 0.2) is 12.1 Å². The summed E-state index contributed by atoms with van der Waals surface area (Å²) in [7, 11) is 0. The largest absolute Gasteiger partial charge is 0.445 e. The third kappa shape index (κ3) is 4.23. The number of rotatable bonds is 5. The minimum atomic E-state index is -0.329. The lowest BCUT2D eigenvalue weighted by atomic mass is 9.85. The van der Waals surface area contributed by atoms with E-state index in [1.807, 2.05) is 59.5 Å². The molecule has 31 heavy (non-hydrogen) atoms. The summed E-state index contributed by atoms with van der Waals surface area (Å²) in [4.78, 5) is 27.8. The van der Waals surface area contributed by atoms with Crippen LogP contribution in [-0.4, -0.2) is 42.1 Å². The number of benzene rings is 2. The van der Waals surface area contributed by atoms with Gasteiger partial charge >= 0.3 is 6.09 Å². The van der Waals surface area contributed by atoms with Crippen LogP contribution in [0.3, 0.4) is 0 Å². The average Bonchev–Trinajstić information content (AvgIpc) is 3.44. The molecule has 0 N–H and O–H groups in total. The van der Waals surface area contributed by atoms with Gasteiger partial charge in [-0.2, -0.15) is 0 Å². The first-order valence-electron chi connectivity index (χ1n) is 11.1. The molecule has 3 aliphatic rings. The zero-order valence-electron chi connectivity index (χ0n) is 17.4. The molecule has 6 nitrogen and oxygen atoms in total. The molecule has 0 spiro atoms. The van der Waals surface area contributed by atoms with E-state index >= 15 is 0 Å². The van der Waals surface area contributed by atoms with Crippen molar-refractivity contribution in [3.05, 3.63) is 71.3 Å². The lowest BCUT2D eigenvalue weighted by Crippen LogP contribution is -2.48. The molecule has 2 aromatic rings. The summed E-state index contributed by atoms with van der Waals surface area (Å²) >= 11 is 0. The van der Waals surface area contributed by atoms with Gasteiger partial charge in [-0.3, -0.25) is 4.79 Å². The number of fused-ring (bicyclic) bond motifs is 2. The standard InChI is InChI=1S/C25H27NO5/c27-23(18-6-8-19(9-7-18)24-29-12-13-30-24)20-14-21-10-11-22(15-20)26(21)25(28)31-16-17-4-2-1-3-5-17/h1-9,20-22,24H,10-16H2. The van der Waals surface area contributed by atoms with Crippen molar-refractivity contribution in [2.24, 2.45) is 5.92 Å². The molecule has 3 fully saturated rings. The summed E-state index contributed by atoms with van der Waals surface area (Å²) in [5, 5.41) is 0. The molecule has 3 aliphatic heterocycles. The van der Waals surface area contributed by atoms with Crippen molar-refractivity contribution in [3.8, 4) is 0 Å². The summed E-state index contributed by atoms with van der Waals surface area (Å²) in [6.45, 7) is 1.47. The Bertz CT molecular complexity index is 909. The fourth-order valence-electron chi connectivity index (χ4n) is 5.07. The highest BCUT2D eigenvalue weighted by Crippen LogP contribution is 2.40. The predicted octanol–water partition coefficient (Wildman–Crippen LogP) is 4.49. The highest BCUT2D eigenvalue weighted by atomic mass is 16.7. The van der Waals surface area contributed by atoms with Crippen LogP contribution in [0.2, 0.25) is 0 Å². The van der Waals surface area contributed by atoms with E-state index in [4.69, 9.17) is 14.2 Å². The average molecular weight is 421 g/mol. The van der Waals surface area contributed by atoms with E-state index in [1.54, 1.807) is 0 Å². The third-order valence-electron chi connectivity index (χ3n) is 6.61. The maximum absolute atomic E-state index is 13.1. The van der Waals surface area contributed by atoms with Gasteiger partial charge in [-0.15, -0.1) is 0 Å². The van der Waals surface area contributed by atoms with Gasteiger partial charge in [0.25, 0.3) is 0 Å². The summed E-state index contributed by atoms with van der Waals surface area (Å²) in [5.74, 6) is 0.106. The second-order valence-electron chi connectivity index (χ2n) is 8.56. The minimum absolute atomic E-state index is 0.0551. The summed E-state index contributed by atoms with van der Waals surface area (Å²) < 4.78 is 16.6. The molecular weight excluding hydrogens is 394 g/mol. The summed E-state index contributed by atoms with van der Waals surface area (Å²) in [6.07, 6.45) is 2.68. The van der Waals surface area contributed by atoms with E-state index in [9.17, 15) is 9.59 Å². The number of carbonyl (C=O) groups is 2. The van der Waals surface area contributed by atoms with Crippen molar-refractivity contribution in [1.29, 1.82) is 0 Å². The second-order valence-corrected chi connectivity index (χ2v) is 8.56. The van der Waals surface area contributed by atoms with Crippen LogP contribution in [-0.2, 0) is 20.8 Å². The van der Waals surface area contributed by atoms with Gasteiger partial charge in [-0.05, 0) is 31.2 Å². The molecule has 2 unspecified atom stereocenters. The van der Waals surface area contributed by atoms with Crippen LogP contribution in [0.4, 0.5) is 4.79 Å². The smallest absolute Gasteiger partial charge is 0.410 e. The highest BCUT2D eigenvalue weighted by molar-refractivity contribution is 5.98. The molecule has 0 aromatic heterocycles. The number of ketones is 1. The Morgan fingerprint density at radius 1 is 0.903 bits per heavy atom. The maximum Gasteiger partial charge on any atom is 0.410 e. The van der Waals surface area contributed by atoms with Gasteiger partial charge < -0.3 is 19.1 Å². The van der Waals surface area contributed by atoms with Crippen LogP contribution in [0.1, 0.15) is 53.5 Å². The summed E-state index contributed by atoms with van der Waals surface area (Å²) in [5.41, 5.74) is 2.63. The topological polar surface area (TPSA) is 65.1 Å². The quantitative estimate of drug-likeness (QED) is 0.666. The van der Waals surface area contributed by atoms with E-state index < -0.39 is 0 Å². The van der Waals surface area contributed by atoms with E-state index in [-0.39, 0.29) is 42.8 Å². The molecule has 0 radical (unpaired) electrons. The van der Waals surface area contributed by atoms with Gasteiger partial charge in [-0.1, -0.05) is 54.6 Å². The molecule has 3 heterocycles. The van der Waals surface area contributed by atoms with Crippen molar-refractivity contribution in [1.82, 2.24) is 4.90 Å². The molecule has 0 saturated carbocycles. The molecule has 2 aromatic carbocycles. The van der Waals surface area contributed by atoms with Crippen LogP contribution >= 0.6 is 0 Å². The molecule has 5 rings (SSSR count). The van der Waals surface area contributed by atoms with Crippen LogP contribution in [0.5, 0.6) is 0 Å². The molecule has 162 valence electrons. The number of hydrogen-bond acceptors (Lipinski definition) is 5.